The Hall–Kier alpha value is -3.29. The molecule has 0 aromatic heterocycles. The highest BCUT2D eigenvalue weighted by molar-refractivity contribution is 5.91. The molecule has 0 bridgehead atoms. The fourth-order valence-electron chi connectivity index (χ4n) is 8.15. The van der Waals surface area contributed by atoms with Crippen LogP contribution >= 0.6 is 0 Å². The topological polar surface area (TPSA) is 127 Å². The summed E-state index contributed by atoms with van der Waals surface area (Å²) in [6.07, 6.45) is 34.5. The van der Waals surface area contributed by atoms with Gasteiger partial charge >= 0.3 is 18.3 Å². The zero-order valence-corrected chi connectivity index (χ0v) is 46.3. The predicted molar refractivity (Wildman–Crippen MR) is 284 cm³/mol. The molecular formula is C57H106N4O7. The molecule has 0 aromatic carbocycles. The molecule has 0 radical (unpaired) electrons. The third-order valence-corrected chi connectivity index (χ3v) is 11.9. The molecule has 0 fully saturated rings. The maximum Gasteiger partial charge on any atom is 0.415 e. The van der Waals surface area contributed by atoms with E-state index in [1.165, 1.54) is 152 Å². The number of hydrogen-bond acceptors (Lipinski definition) is 7. The van der Waals surface area contributed by atoms with Crippen LogP contribution in [0.1, 0.15) is 269 Å². The maximum atomic E-state index is 13.3. The number of rotatable bonds is 38. The van der Waals surface area contributed by atoms with Crippen molar-refractivity contribution >= 4 is 30.5 Å². The molecule has 4 amide bonds. The van der Waals surface area contributed by atoms with Crippen molar-refractivity contribution in [1.82, 2.24) is 15.1 Å². The molecule has 0 saturated heterocycles. The third-order valence-electron chi connectivity index (χ3n) is 11.9. The average molecular weight is 959 g/mol. The fraction of sp³-hybridized carbons (Fsp3) is 0.877. The van der Waals surface area contributed by atoms with Crippen molar-refractivity contribution in [1.29, 1.82) is 0 Å². The average Bonchev–Trinajstić information content (AvgIpc) is 3.23. The Kier molecular flexibility index (Phi) is 37.5. The van der Waals surface area contributed by atoms with Crippen LogP contribution in [0.4, 0.5) is 14.4 Å². The second-order valence-electron chi connectivity index (χ2n) is 22.2. The maximum absolute atomic E-state index is 13.3. The molecular weight excluding hydrogens is 853 g/mol. The lowest BCUT2D eigenvalue weighted by molar-refractivity contribution is -0.121. The van der Waals surface area contributed by atoms with Gasteiger partial charge in [0.15, 0.2) is 0 Å². The van der Waals surface area contributed by atoms with Crippen molar-refractivity contribution in [3.05, 3.63) is 0 Å². The number of carbonyl (C=O) groups is 4. The number of ether oxygens (including phenoxy) is 3. The van der Waals surface area contributed by atoms with Gasteiger partial charge in [0, 0.05) is 38.0 Å². The van der Waals surface area contributed by atoms with Gasteiger partial charge in [-0.1, -0.05) is 155 Å². The first-order valence-electron chi connectivity index (χ1n) is 27.7. The van der Waals surface area contributed by atoms with Crippen LogP contribution in [0.2, 0.25) is 0 Å². The first-order chi connectivity index (χ1) is 32.2. The Balaban J connectivity index is 4.66. The van der Waals surface area contributed by atoms with Gasteiger partial charge in [0.2, 0.25) is 5.91 Å². The van der Waals surface area contributed by atoms with Crippen LogP contribution in [0, 0.1) is 23.7 Å². The normalized spacial score (nSPS) is 12.8. The Morgan fingerprint density at radius 1 is 0.529 bits per heavy atom. The molecule has 0 aliphatic heterocycles. The van der Waals surface area contributed by atoms with E-state index >= 15 is 0 Å². The number of carbonyl (C=O) groups excluding carboxylic acids is 4. The highest BCUT2D eigenvalue weighted by atomic mass is 16.6. The summed E-state index contributed by atoms with van der Waals surface area (Å²) in [5, 5.41) is 2.73. The number of unbranched alkanes of at least 4 members (excludes halogenated alkanes) is 21. The van der Waals surface area contributed by atoms with Crippen molar-refractivity contribution in [2.75, 3.05) is 26.2 Å². The van der Waals surface area contributed by atoms with E-state index in [2.05, 4.69) is 29.1 Å². The van der Waals surface area contributed by atoms with Gasteiger partial charge in [-0.3, -0.25) is 9.69 Å². The molecule has 2 unspecified atom stereocenters. The van der Waals surface area contributed by atoms with Crippen LogP contribution in [0.3, 0.4) is 0 Å². The summed E-state index contributed by atoms with van der Waals surface area (Å²) in [5.41, 5.74) is -1.99. The summed E-state index contributed by atoms with van der Waals surface area (Å²) >= 11 is 0. The first kappa shape index (κ1) is 64.7. The lowest BCUT2D eigenvalue weighted by atomic mass is 9.94. The van der Waals surface area contributed by atoms with Gasteiger partial charge in [-0.25, -0.2) is 19.4 Å². The van der Waals surface area contributed by atoms with E-state index in [-0.39, 0.29) is 18.4 Å². The standard InChI is InChI=1S/C57H106N4O7/c1-13-16-17-18-19-20-21-22-23-25-28-31-34-41-49(40-14-2)42-35-32-29-26-24-27-30-33-36-43-50(15-3)51(62)59-48-61(54(65)68-57(10,11)12)46-38-37-45-60(53(64)67-56(7,8)9)47-39-44-58-52(63)66-55(4,5)6/h48-50H,13,15-39,41-47H2,1-12H3,(H,58,63). The van der Waals surface area contributed by atoms with E-state index in [9.17, 15) is 19.2 Å². The van der Waals surface area contributed by atoms with Gasteiger partial charge < -0.3 is 24.4 Å². The Morgan fingerprint density at radius 3 is 1.38 bits per heavy atom. The molecule has 11 nitrogen and oxygen atoms in total. The van der Waals surface area contributed by atoms with E-state index in [0.717, 1.165) is 19.3 Å². The fourth-order valence-corrected chi connectivity index (χ4v) is 8.15. The number of nitrogens with zero attached hydrogens (tertiary/aromatic N) is 3. The SMILES string of the molecule is CC#CC(CCCCCCCCCCCCCCC)CCCCCCCCCCCC(CC)C(=O)N=CN(CCCCN(CCCNC(=O)OC(C)(C)C)C(=O)OC(C)(C)C)C(=O)OC(C)(C)C. The molecule has 0 heterocycles. The molecule has 2 atom stereocenters. The van der Waals surface area contributed by atoms with Crippen LogP contribution in [0.15, 0.2) is 4.99 Å². The third kappa shape index (κ3) is 40.6. The van der Waals surface area contributed by atoms with Crippen LogP contribution in [0.5, 0.6) is 0 Å². The van der Waals surface area contributed by atoms with Gasteiger partial charge in [0.05, 0.1) is 0 Å². The summed E-state index contributed by atoms with van der Waals surface area (Å²) < 4.78 is 16.6. The van der Waals surface area contributed by atoms with E-state index in [0.29, 0.717) is 51.2 Å². The van der Waals surface area contributed by atoms with E-state index < -0.39 is 35.1 Å². The van der Waals surface area contributed by atoms with Crippen molar-refractivity contribution in [3.8, 4) is 11.8 Å². The molecule has 0 aromatic rings. The highest BCUT2D eigenvalue weighted by Gasteiger charge is 2.25. The van der Waals surface area contributed by atoms with E-state index in [1.807, 2.05) is 34.6 Å². The second-order valence-corrected chi connectivity index (χ2v) is 22.2. The molecule has 396 valence electrons. The Labute approximate surface area is 418 Å². The Morgan fingerprint density at radius 2 is 0.941 bits per heavy atom. The molecule has 11 heteroatoms. The summed E-state index contributed by atoms with van der Waals surface area (Å²) in [5.74, 6) is 6.88. The quantitative estimate of drug-likeness (QED) is 0.0215. The molecule has 0 rings (SSSR count). The molecule has 0 aliphatic carbocycles. The molecule has 68 heavy (non-hydrogen) atoms. The van der Waals surface area contributed by atoms with Gasteiger partial charge in [0.25, 0.3) is 0 Å². The zero-order chi connectivity index (χ0) is 51.1. The Bertz CT molecular complexity index is 1400. The van der Waals surface area contributed by atoms with Gasteiger partial charge in [-0.05, 0) is 114 Å². The number of amides is 4. The zero-order valence-electron chi connectivity index (χ0n) is 46.3. The largest absolute Gasteiger partial charge is 0.444 e. The molecule has 0 spiro atoms. The number of hydrogen-bond donors (Lipinski definition) is 1. The minimum atomic E-state index is -0.724. The summed E-state index contributed by atoms with van der Waals surface area (Å²) in [6, 6.07) is 0. The van der Waals surface area contributed by atoms with Crippen molar-refractivity contribution < 1.29 is 33.4 Å². The van der Waals surface area contributed by atoms with E-state index in [1.54, 1.807) is 46.4 Å². The first-order valence-corrected chi connectivity index (χ1v) is 27.7. The number of aliphatic imine (C=N–C) groups is 1. The summed E-state index contributed by atoms with van der Waals surface area (Å²) in [6.45, 7) is 23.9. The predicted octanol–water partition coefficient (Wildman–Crippen LogP) is 16.1. The number of alkyl carbamates (subject to hydrolysis) is 1. The minimum absolute atomic E-state index is 0.190. The van der Waals surface area contributed by atoms with Crippen molar-refractivity contribution in [2.45, 2.75) is 286 Å². The van der Waals surface area contributed by atoms with Crippen LogP contribution < -0.4 is 5.32 Å². The van der Waals surface area contributed by atoms with Crippen LogP contribution in [0.25, 0.3) is 0 Å². The molecule has 0 aliphatic rings. The minimum Gasteiger partial charge on any atom is -0.444 e. The lowest BCUT2D eigenvalue weighted by Gasteiger charge is -2.28. The van der Waals surface area contributed by atoms with E-state index in [4.69, 9.17) is 14.2 Å². The van der Waals surface area contributed by atoms with Crippen LogP contribution in [-0.4, -0.2) is 83.3 Å². The van der Waals surface area contributed by atoms with Crippen molar-refractivity contribution in [2.24, 2.45) is 16.8 Å². The molecule has 1 N–H and O–H groups in total. The monoisotopic (exact) mass is 959 g/mol. The van der Waals surface area contributed by atoms with Gasteiger partial charge in [-0.15, -0.1) is 11.8 Å². The summed E-state index contributed by atoms with van der Waals surface area (Å²) in [7, 11) is 0. The van der Waals surface area contributed by atoms with Crippen molar-refractivity contribution in [3.63, 3.8) is 0 Å². The summed E-state index contributed by atoms with van der Waals surface area (Å²) in [4.78, 5) is 58.9. The second kappa shape index (κ2) is 39.4. The highest BCUT2D eigenvalue weighted by Crippen LogP contribution is 2.21. The van der Waals surface area contributed by atoms with Gasteiger partial charge in [-0.2, -0.15) is 0 Å². The van der Waals surface area contributed by atoms with Gasteiger partial charge in [0.1, 0.15) is 23.1 Å². The lowest BCUT2D eigenvalue weighted by Crippen LogP contribution is -2.40. The molecule has 0 saturated carbocycles. The smallest absolute Gasteiger partial charge is 0.415 e. The number of nitrogens with one attached hydrogen (secondary N) is 1. The van der Waals surface area contributed by atoms with Crippen LogP contribution in [-0.2, 0) is 19.0 Å².